The number of carboxylic acids is 1. The summed E-state index contributed by atoms with van der Waals surface area (Å²) in [6.07, 6.45) is 0. The quantitative estimate of drug-likeness (QED) is 0.514. The zero-order valence-corrected chi connectivity index (χ0v) is 7.55. The van der Waals surface area contributed by atoms with E-state index >= 15 is 0 Å². The van der Waals surface area contributed by atoms with Crippen molar-refractivity contribution in [2.75, 3.05) is 13.6 Å². The molecule has 9 heteroatoms. The van der Waals surface area contributed by atoms with Gasteiger partial charge in [0.15, 0.2) is 0 Å². The summed E-state index contributed by atoms with van der Waals surface area (Å²) in [5.74, 6) is -1.21. The molecule has 0 aromatic heterocycles. The molecule has 1 rings (SSSR count). The third-order valence-electron chi connectivity index (χ3n) is 1.17. The summed E-state index contributed by atoms with van der Waals surface area (Å²) >= 11 is 0. The molecule has 0 bridgehead atoms. The summed E-state index contributed by atoms with van der Waals surface area (Å²) in [4.78, 5) is 29.0. The van der Waals surface area contributed by atoms with Gasteiger partial charge in [-0.25, -0.2) is 0 Å². The lowest BCUT2D eigenvalue weighted by molar-refractivity contribution is -0.137. The van der Waals surface area contributed by atoms with Gasteiger partial charge in [0.25, 0.3) is 5.96 Å². The van der Waals surface area contributed by atoms with Crippen LogP contribution in [0.3, 0.4) is 0 Å². The van der Waals surface area contributed by atoms with Crippen molar-refractivity contribution >= 4 is 19.7 Å². The average molecular weight is 209 g/mol. The molecule has 1 heterocycles. The van der Waals surface area contributed by atoms with Crippen molar-refractivity contribution in [1.82, 2.24) is 4.90 Å². The van der Waals surface area contributed by atoms with Gasteiger partial charge in [0.2, 0.25) is 0 Å². The van der Waals surface area contributed by atoms with Gasteiger partial charge in [-0.2, -0.15) is 0 Å². The molecule has 13 heavy (non-hydrogen) atoms. The van der Waals surface area contributed by atoms with Gasteiger partial charge in [-0.05, 0) is 5.16 Å². The van der Waals surface area contributed by atoms with Crippen LogP contribution >= 0.6 is 7.74 Å². The van der Waals surface area contributed by atoms with Crippen LogP contribution in [-0.4, -0.2) is 45.3 Å². The smallest absolute Gasteiger partial charge is 0.434 e. The van der Waals surface area contributed by atoms with E-state index in [-0.39, 0.29) is 12.5 Å². The number of carboxylic acid groups (broad SMARTS) is 1. The molecule has 0 saturated carbocycles. The van der Waals surface area contributed by atoms with Crippen molar-refractivity contribution in [3.8, 4) is 0 Å². The molecule has 0 atom stereocenters. The summed E-state index contributed by atoms with van der Waals surface area (Å²) in [5.41, 5.74) is 0. The Morgan fingerprint density at radius 3 is 2.69 bits per heavy atom. The van der Waals surface area contributed by atoms with Crippen LogP contribution in [0.1, 0.15) is 0 Å². The Morgan fingerprint density at radius 2 is 2.31 bits per heavy atom. The molecule has 0 unspecified atom stereocenters. The summed E-state index contributed by atoms with van der Waals surface area (Å²) < 4.78 is 7.45. The molecule has 74 valence electrons. The third kappa shape index (κ3) is 2.69. The summed E-state index contributed by atoms with van der Waals surface area (Å²) in [7, 11) is -2.37. The van der Waals surface area contributed by atoms with Crippen LogP contribution in [-0.2, 0) is 9.42 Å². The average Bonchev–Trinajstić information content (AvgIpc) is 2.28. The number of guanidine groups is 1. The number of hydrogen-bond donors (Lipinski definition) is 3. The maximum Gasteiger partial charge on any atom is 0.434 e. The lowest BCUT2D eigenvalue weighted by Crippen LogP contribution is -2.29. The van der Waals surface area contributed by atoms with E-state index < -0.39 is 13.7 Å². The number of likely N-dealkylation sites (N-methyl/N-ethyl adjacent to an activating group) is 1. The summed E-state index contributed by atoms with van der Waals surface area (Å²) in [6.45, 7) is -0.342. The number of aliphatic carboxylic acids is 1. The second-order valence-corrected chi connectivity index (χ2v) is 3.73. The minimum atomic E-state index is -3.76. The second kappa shape index (κ2) is 3.33. The zero-order chi connectivity index (χ0) is 10.1. The first-order valence-corrected chi connectivity index (χ1v) is 4.75. The molecule has 8 nitrogen and oxygen atoms in total. The minimum absolute atomic E-state index is 0.138. The van der Waals surface area contributed by atoms with Gasteiger partial charge in [-0.3, -0.25) is 4.79 Å². The Hall–Kier alpha value is -1.11. The molecule has 0 radical (unpaired) electrons. The van der Waals surface area contributed by atoms with Gasteiger partial charge < -0.3 is 24.4 Å². The Kier molecular flexibility index (Phi) is 2.55. The first-order chi connectivity index (χ1) is 5.91. The van der Waals surface area contributed by atoms with Crippen molar-refractivity contribution in [2.24, 2.45) is 9.90 Å². The predicted octanol–water partition coefficient (Wildman–Crippen LogP) is -0.765. The molecule has 3 N–H and O–H groups in total. The standard InChI is InChI=1S/C4H8N3O5P/c1-7(2-3(8)9)4-5-12-13(10,11)6-4/h10-11H,2H2,1H3,(H,8,9). The molecular formula is C4H8N3O5P. The van der Waals surface area contributed by atoms with Crippen LogP contribution in [0.15, 0.2) is 9.90 Å². The highest BCUT2D eigenvalue weighted by Gasteiger charge is 2.25. The van der Waals surface area contributed by atoms with Crippen LogP contribution in [0.25, 0.3) is 0 Å². The van der Waals surface area contributed by atoms with Gasteiger partial charge in [-0.1, -0.05) is 0 Å². The number of nitrogens with zero attached hydrogens (tertiary/aromatic N) is 3. The Balaban J connectivity index is 2.65. The molecule has 0 saturated heterocycles. The lowest BCUT2D eigenvalue weighted by atomic mass is 10.6. The van der Waals surface area contributed by atoms with Gasteiger partial charge >= 0.3 is 13.7 Å². The normalized spacial score (nSPS) is 18.5. The van der Waals surface area contributed by atoms with Crippen LogP contribution in [0.5, 0.6) is 0 Å². The molecule has 0 amide bonds. The number of oxime groups is 1. The van der Waals surface area contributed by atoms with E-state index in [1.165, 1.54) is 7.05 Å². The zero-order valence-electron chi connectivity index (χ0n) is 6.65. The fourth-order valence-electron chi connectivity index (χ4n) is 0.664. The first-order valence-electron chi connectivity index (χ1n) is 3.18. The highest BCUT2D eigenvalue weighted by atomic mass is 31.2. The number of rotatable bonds is 2. The highest BCUT2D eigenvalue weighted by molar-refractivity contribution is 7.49. The molecule has 1 aliphatic heterocycles. The predicted molar refractivity (Wildman–Crippen MR) is 42.6 cm³/mol. The maximum atomic E-state index is 10.2. The van der Waals surface area contributed by atoms with E-state index in [1.54, 1.807) is 0 Å². The monoisotopic (exact) mass is 209 g/mol. The molecule has 0 spiro atoms. The van der Waals surface area contributed by atoms with Crippen LogP contribution < -0.4 is 0 Å². The minimum Gasteiger partial charge on any atom is -0.480 e. The van der Waals surface area contributed by atoms with Gasteiger partial charge in [0.05, 0.1) is 0 Å². The van der Waals surface area contributed by atoms with E-state index in [9.17, 15) is 4.79 Å². The lowest BCUT2D eigenvalue weighted by Gasteiger charge is -2.10. The van der Waals surface area contributed by atoms with E-state index in [0.29, 0.717) is 0 Å². The maximum absolute atomic E-state index is 10.2. The van der Waals surface area contributed by atoms with Crippen molar-refractivity contribution in [3.63, 3.8) is 0 Å². The van der Waals surface area contributed by atoms with Crippen molar-refractivity contribution in [3.05, 3.63) is 0 Å². The fraction of sp³-hybridized carbons (Fsp3) is 0.500. The molecule has 0 aliphatic carbocycles. The number of carbonyl (C=O) groups is 1. The Labute approximate surface area is 73.3 Å². The molecule has 0 fully saturated rings. The van der Waals surface area contributed by atoms with E-state index in [2.05, 4.69) is 14.5 Å². The second-order valence-electron chi connectivity index (χ2n) is 2.34. The van der Waals surface area contributed by atoms with E-state index in [4.69, 9.17) is 14.9 Å². The van der Waals surface area contributed by atoms with Crippen molar-refractivity contribution in [1.29, 1.82) is 0 Å². The summed E-state index contributed by atoms with van der Waals surface area (Å²) in [6, 6.07) is 0. The van der Waals surface area contributed by atoms with E-state index in [1.807, 2.05) is 0 Å². The molecule has 0 aromatic rings. The SMILES string of the molecule is CN(CC(=O)O)C1=NOP(O)(O)=N1. The van der Waals surface area contributed by atoms with Crippen LogP contribution in [0, 0.1) is 0 Å². The first kappa shape index (κ1) is 9.97. The Morgan fingerprint density at radius 1 is 1.69 bits per heavy atom. The van der Waals surface area contributed by atoms with Gasteiger partial charge in [0, 0.05) is 7.05 Å². The molecule has 1 aliphatic rings. The number of hydrogen-bond acceptors (Lipinski definition) is 5. The van der Waals surface area contributed by atoms with Crippen molar-refractivity contribution in [2.45, 2.75) is 0 Å². The van der Waals surface area contributed by atoms with Gasteiger partial charge in [0.1, 0.15) is 6.54 Å². The van der Waals surface area contributed by atoms with E-state index in [0.717, 1.165) is 4.90 Å². The summed E-state index contributed by atoms with van der Waals surface area (Å²) in [5, 5.41) is 11.6. The molecule has 0 aromatic carbocycles. The fourth-order valence-corrected chi connectivity index (χ4v) is 1.31. The highest BCUT2D eigenvalue weighted by Crippen LogP contribution is 2.45. The largest absolute Gasteiger partial charge is 0.480 e. The van der Waals surface area contributed by atoms with Crippen LogP contribution in [0.4, 0.5) is 0 Å². The van der Waals surface area contributed by atoms with Crippen LogP contribution in [0.2, 0.25) is 0 Å². The van der Waals surface area contributed by atoms with Gasteiger partial charge in [-0.15, -0.1) is 4.74 Å². The molecular weight excluding hydrogens is 201 g/mol. The van der Waals surface area contributed by atoms with Crippen molar-refractivity contribution < 1.29 is 24.3 Å². The third-order valence-corrected chi connectivity index (χ3v) is 1.91. The Bertz CT molecular complexity index is 307. The topological polar surface area (TPSA) is 115 Å².